The Labute approximate surface area is 125 Å². The van der Waals surface area contributed by atoms with Crippen LogP contribution in [0, 0.1) is 11.7 Å². The highest BCUT2D eigenvalue weighted by Gasteiger charge is 2.22. The van der Waals surface area contributed by atoms with Gasteiger partial charge in [-0.3, -0.25) is 0 Å². The molecule has 1 aliphatic carbocycles. The summed E-state index contributed by atoms with van der Waals surface area (Å²) in [6.07, 6.45) is 2.35. The summed E-state index contributed by atoms with van der Waals surface area (Å²) in [5, 5.41) is 0. The van der Waals surface area contributed by atoms with E-state index in [-0.39, 0.29) is 18.8 Å². The van der Waals surface area contributed by atoms with Gasteiger partial charge in [0.05, 0.1) is 6.61 Å². The number of nitrogens with two attached hydrogens (primary N) is 1. The minimum atomic E-state index is -3.92. The van der Waals surface area contributed by atoms with Crippen molar-refractivity contribution in [1.82, 2.24) is 4.72 Å². The second kappa shape index (κ2) is 6.38. The fourth-order valence-electron chi connectivity index (χ4n) is 1.61. The number of hydrogen-bond donors (Lipinski definition) is 2. The Kier molecular flexibility index (Phi) is 5.00. The third-order valence-electron chi connectivity index (χ3n) is 2.93. The van der Waals surface area contributed by atoms with Crippen LogP contribution in [0.3, 0.4) is 0 Å². The van der Waals surface area contributed by atoms with E-state index < -0.39 is 20.7 Å². The monoisotopic (exact) mass is 366 g/mol. The van der Waals surface area contributed by atoms with Crippen molar-refractivity contribution in [3.8, 4) is 0 Å². The summed E-state index contributed by atoms with van der Waals surface area (Å²) < 4.78 is 45.5. The Bertz CT molecular complexity index is 591. The molecule has 0 heterocycles. The maximum atomic E-state index is 13.7. The van der Waals surface area contributed by atoms with Crippen molar-refractivity contribution < 1.29 is 17.5 Å². The fourth-order valence-corrected chi connectivity index (χ4v) is 3.03. The first kappa shape index (κ1) is 15.7. The van der Waals surface area contributed by atoms with Gasteiger partial charge in [-0.1, -0.05) is 0 Å². The first-order valence-electron chi connectivity index (χ1n) is 6.22. The molecule has 20 heavy (non-hydrogen) atoms. The van der Waals surface area contributed by atoms with Gasteiger partial charge < -0.3 is 10.5 Å². The van der Waals surface area contributed by atoms with Crippen LogP contribution in [0.15, 0.2) is 21.5 Å². The maximum Gasteiger partial charge on any atom is 0.243 e. The van der Waals surface area contributed by atoms with Crippen molar-refractivity contribution in [2.24, 2.45) is 5.92 Å². The smallest absolute Gasteiger partial charge is 0.243 e. The van der Waals surface area contributed by atoms with Crippen molar-refractivity contribution in [1.29, 1.82) is 0 Å². The van der Waals surface area contributed by atoms with Crippen LogP contribution in [0.5, 0.6) is 0 Å². The van der Waals surface area contributed by atoms with Crippen LogP contribution in [0.1, 0.15) is 12.8 Å². The number of benzene rings is 1. The molecule has 1 fully saturated rings. The quantitative estimate of drug-likeness (QED) is 0.570. The molecule has 1 saturated carbocycles. The molecule has 5 nitrogen and oxygen atoms in total. The van der Waals surface area contributed by atoms with Gasteiger partial charge in [-0.25, -0.2) is 17.5 Å². The molecule has 0 aliphatic heterocycles. The molecule has 1 aliphatic rings. The van der Waals surface area contributed by atoms with Crippen LogP contribution >= 0.6 is 15.9 Å². The average Bonchev–Trinajstić information content (AvgIpc) is 3.17. The van der Waals surface area contributed by atoms with E-state index in [0.717, 1.165) is 12.1 Å². The first-order valence-corrected chi connectivity index (χ1v) is 8.49. The second-order valence-electron chi connectivity index (χ2n) is 4.72. The van der Waals surface area contributed by atoms with Gasteiger partial charge in [0, 0.05) is 23.3 Å². The number of hydrogen-bond acceptors (Lipinski definition) is 4. The summed E-state index contributed by atoms with van der Waals surface area (Å²) in [5.74, 6) is -0.229. The van der Waals surface area contributed by atoms with E-state index in [1.54, 1.807) is 0 Å². The normalized spacial score (nSPS) is 15.5. The van der Waals surface area contributed by atoms with E-state index in [2.05, 4.69) is 20.7 Å². The molecule has 112 valence electrons. The molecular formula is C12H16BrFN2O3S. The molecule has 1 aromatic carbocycles. The molecule has 0 unspecified atom stereocenters. The number of sulfonamides is 1. The molecule has 3 N–H and O–H groups in total. The predicted octanol–water partition coefficient (Wildman–Crippen LogP) is 1.88. The van der Waals surface area contributed by atoms with E-state index in [1.807, 2.05) is 0 Å². The summed E-state index contributed by atoms with van der Waals surface area (Å²) >= 11 is 3.04. The molecule has 8 heteroatoms. The summed E-state index contributed by atoms with van der Waals surface area (Å²) in [6, 6.07) is 2.13. The molecule has 0 bridgehead atoms. The third kappa shape index (κ3) is 4.15. The van der Waals surface area contributed by atoms with Crippen LogP contribution in [-0.2, 0) is 14.8 Å². The SMILES string of the molecule is Nc1cc(S(=O)(=O)NCCOCC2CC2)c(F)cc1Br. The minimum Gasteiger partial charge on any atom is -0.398 e. The highest BCUT2D eigenvalue weighted by atomic mass is 79.9. The topological polar surface area (TPSA) is 81.4 Å². The average molecular weight is 367 g/mol. The Hall–Kier alpha value is -0.700. The van der Waals surface area contributed by atoms with Crippen LogP contribution in [0.25, 0.3) is 0 Å². The van der Waals surface area contributed by atoms with Crippen LogP contribution in [0.4, 0.5) is 10.1 Å². The van der Waals surface area contributed by atoms with Gasteiger partial charge in [-0.2, -0.15) is 0 Å². The highest BCUT2D eigenvalue weighted by molar-refractivity contribution is 9.10. The van der Waals surface area contributed by atoms with Crippen molar-refractivity contribution in [2.45, 2.75) is 17.7 Å². The van der Waals surface area contributed by atoms with Gasteiger partial charge in [-0.15, -0.1) is 0 Å². The van der Waals surface area contributed by atoms with Crippen molar-refractivity contribution in [3.63, 3.8) is 0 Å². The third-order valence-corrected chi connectivity index (χ3v) is 5.09. The van der Waals surface area contributed by atoms with Gasteiger partial charge in [0.2, 0.25) is 10.0 Å². The molecule has 1 aromatic rings. The largest absolute Gasteiger partial charge is 0.398 e. The maximum absolute atomic E-state index is 13.7. The molecular weight excluding hydrogens is 351 g/mol. The standard InChI is InChI=1S/C12H16BrFN2O3S/c13-9-5-10(14)12(6-11(9)15)20(17,18)16-3-4-19-7-8-1-2-8/h5-6,8,16H,1-4,7,15H2. The molecule has 2 rings (SSSR count). The Morgan fingerprint density at radius 3 is 2.80 bits per heavy atom. The summed E-state index contributed by atoms with van der Waals surface area (Å²) in [7, 11) is -3.92. The number of nitrogen functional groups attached to an aromatic ring is 1. The van der Waals surface area contributed by atoms with Crippen molar-refractivity contribution >= 4 is 31.6 Å². The lowest BCUT2D eigenvalue weighted by atomic mass is 10.3. The van der Waals surface area contributed by atoms with Crippen LogP contribution < -0.4 is 10.5 Å². The Morgan fingerprint density at radius 2 is 2.15 bits per heavy atom. The lowest BCUT2D eigenvalue weighted by molar-refractivity contribution is 0.129. The minimum absolute atomic E-state index is 0.102. The van der Waals surface area contributed by atoms with Crippen LogP contribution in [-0.4, -0.2) is 28.2 Å². The zero-order valence-electron chi connectivity index (χ0n) is 10.7. The van der Waals surface area contributed by atoms with E-state index >= 15 is 0 Å². The van der Waals surface area contributed by atoms with E-state index in [1.165, 1.54) is 12.8 Å². The molecule has 0 spiro atoms. The summed E-state index contributed by atoms with van der Waals surface area (Å²) in [6.45, 7) is 1.02. The number of anilines is 1. The summed E-state index contributed by atoms with van der Waals surface area (Å²) in [4.78, 5) is -0.458. The van der Waals surface area contributed by atoms with Gasteiger partial charge in [0.25, 0.3) is 0 Å². The van der Waals surface area contributed by atoms with Gasteiger partial charge in [0.15, 0.2) is 0 Å². The van der Waals surface area contributed by atoms with Crippen molar-refractivity contribution in [3.05, 3.63) is 22.4 Å². The lowest BCUT2D eigenvalue weighted by Gasteiger charge is -2.09. The first-order chi connectivity index (χ1) is 9.40. The number of halogens is 2. The zero-order chi connectivity index (χ0) is 14.8. The Balaban J connectivity index is 1.93. The van der Waals surface area contributed by atoms with Gasteiger partial charge in [-0.05, 0) is 46.8 Å². The summed E-state index contributed by atoms with van der Waals surface area (Å²) in [5.41, 5.74) is 5.74. The number of rotatable bonds is 7. The molecule has 0 radical (unpaired) electrons. The molecule has 0 saturated heterocycles. The van der Waals surface area contributed by atoms with E-state index in [4.69, 9.17) is 10.5 Å². The van der Waals surface area contributed by atoms with E-state index in [0.29, 0.717) is 17.0 Å². The predicted molar refractivity (Wildman–Crippen MR) is 77.2 cm³/mol. The fraction of sp³-hybridized carbons (Fsp3) is 0.500. The second-order valence-corrected chi connectivity index (χ2v) is 7.31. The molecule has 0 atom stereocenters. The number of nitrogens with one attached hydrogen (secondary N) is 1. The Morgan fingerprint density at radius 1 is 1.45 bits per heavy atom. The molecule has 0 amide bonds. The lowest BCUT2D eigenvalue weighted by Crippen LogP contribution is -2.28. The van der Waals surface area contributed by atoms with Gasteiger partial charge in [0.1, 0.15) is 10.7 Å². The van der Waals surface area contributed by atoms with Crippen LogP contribution in [0.2, 0.25) is 0 Å². The van der Waals surface area contributed by atoms with E-state index in [9.17, 15) is 12.8 Å². The zero-order valence-corrected chi connectivity index (χ0v) is 13.1. The molecule has 0 aromatic heterocycles. The van der Waals surface area contributed by atoms with Gasteiger partial charge >= 0.3 is 0 Å². The van der Waals surface area contributed by atoms with Crippen molar-refractivity contribution in [2.75, 3.05) is 25.5 Å². The highest BCUT2D eigenvalue weighted by Crippen LogP contribution is 2.28. The number of ether oxygens (including phenoxy) is 1.